The highest BCUT2D eigenvalue weighted by atomic mass is 16.2. The van der Waals surface area contributed by atoms with E-state index in [0.717, 1.165) is 37.1 Å². The molecule has 0 spiro atoms. The largest absolute Gasteiger partial charge is 0.350 e. The fraction of sp³-hybridized carbons (Fsp3) is 0.667. The fourth-order valence-corrected chi connectivity index (χ4v) is 6.90. The summed E-state index contributed by atoms with van der Waals surface area (Å²) in [5.74, 6) is -0.0729. The molecular weight excluding hydrogens is 494 g/mol. The molecule has 3 saturated heterocycles. The van der Waals surface area contributed by atoms with Gasteiger partial charge in [-0.2, -0.15) is 0 Å². The number of carbonyl (C=O) groups excluding carboxylic acids is 4. The van der Waals surface area contributed by atoms with E-state index < -0.39 is 6.04 Å². The molecule has 2 bridgehead atoms. The van der Waals surface area contributed by atoms with Crippen LogP contribution in [0.4, 0.5) is 0 Å². The van der Waals surface area contributed by atoms with Gasteiger partial charge >= 0.3 is 0 Å². The van der Waals surface area contributed by atoms with Crippen molar-refractivity contribution < 1.29 is 19.2 Å². The number of rotatable bonds is 4. The molecule has 1 aromatic rings. The van der Waals surface area contributed by atoms with Gasteiger partial charge in [-0.25, -0.2) is 0 Å². The van der Waals surface area contributed by atoms with Gasteiger partial charge in [0.15, 0.2) is 0 Å². The van der Waals surface area contributed by atoms with Crippen LogP contribution in [0.25, 0.3) is 0 Å². The highest BCUT2D eigenvalue weighted by Crippen LogP contribution is 2.33. The van der Waals surface area contributed by atoms with E-state index in [0.29, 0.717) is 45.4 Å². The summed E-state index contributed by atoms with van der Waals surface area (Å²) in [5.41, 5.74) is 1.84. The maximum Gasteiger partial charge on any atom is 0.243 e. The Morgan fingerprint density at radius 1 is 1.03 bits per heavy atom. The van der Waals surface area contributed by atoms with Gasteiger partial charge in [-0.15, -0.1) is 0 Å². The van der Waals surface area contributed by atoms with Crippen LogP contribution in [0.15, 0.2) is 24.3 Å². The molecule has 4 aliphatic heterocycles. The molecule has 2 N–H and O–H groups in total. The minimum atomic E-state index is -0.533. The van der Waals surface area contributed by atoms with Crippen molar-refractivity contribution in [3.05, 3.63) is 35.4 Å². The van der Waals surface area contributed by atoms with Crippen LogP contribution >= 0.6 is 0 Å². The first-order valence-electron chi connectivity index (χ1n) is 14.7. The van der Waals surface area contributed by atoms with Crippen molar-refractivity contribution >= 4 is 23.6 Å². The fourth-order valence-electron chi connectivity index (χ4n) is 6.90. The van der Waals surface area contributed by atoms with Gasteiger partial charge in [0.1, 0.15) is 6.04 Å². The molecule has 9 heteroatoms. The first-order chi connectivity index (χ1) is 18.8. The lowest BCUT2D eigenvalue weighted by atomic mass is 9.80. The predicted octanol–water partition coefficient (Wildman–Crippen LogP) is 1.69. The molecule has 4 heterocycles. The summed E-state index contributed by atoms with van der Waals surface area (Å²) in [7, 11) is 0. The van der Waals surface area contributed by atoms with Crippen molar-refractivity contribution in [3.8, 4) is 0 Å². The number of piperidine rings is 1. The molecule has 4 aliphatic rings. The van der Waals surface area contributed by atoms with E-state index in [9.17, 15) is 19.2 Å². The van der Waals surface area contributed by atoms with E-state index in [1.165, 1.54) is 0 Å². The van der Waals surface area contributed by atoms with Gasteiger partial charge in [-0.05, 0) is 48.6 Å². The Morgan fingerprint density at radius 2 is 1.77 bits per heavy atom. The maximum absolute atomic E-state index is 13.8. The molecule has 0 saturated carbocycles. The Labute approximate surface area is 231 Å². The van der Waals surface area contributed by atoms with E-state index in [1.807, 2.05) is 34.1 Å². The minimum Gasteiger partial charge on any atom is -0.350 e. The molecule has 3 fully saturated rings. The standard InChI is InChI=1S/C30H43N5O4/c1-20(2)32-25-16-26-30(39)31-17-23-8-4-3-7-21(23)13-28(37)34-12-9-22(14-27(36)33-10-5-6-11-33)24(18-34)15-29(38)35(26)19-25/h3-4,7-8,20,22,24-26,32H,5-6,9-19H2,1-2H3,(H,31,39)/t22-,24-,25-,26-/m0/s1. The van der Waals surface area contributed by atoms with Crippen molar-refractivity contribution in [2.24, 2.45) is 11.8 Å². The lowest BCUT2D eigenvalue weighted by Crippen LogP contribution is -2.50. The third-order valence-corrected chi connectivity index (χ3v) is 8.98. The van der Waals surface area contributed by atoms with E-state index in [1.54, 1.807) is 4.90 Å². The van der Waals surface area contributed by atoms with Crippen molar-refractivity contribution in [2.75, 3.05) is 32.7 Å². The lowest BCUT2D eigenvalue weighted by Gasteiger charge is -2.40. The number of carbonyl (C=O) groups is 4. The van der Waals surface area contributed by atoms with Crippen LogP contribution in [-0.4, -0.2) is 89.2 Å². The molecule has 5 rings (SSSR count). The SMILES string of the molecule is CC(C)N[C@H]1C[C@H]2C(=O)NCc3ccccc3CC(=O)N3CC[C@@H](CC(=O)N4CCCC4)[C@@H](CC(=O)N2C1)C3. The average Bonchev–Trinajstić information content (AvgIpc) is 3.59. The first-order valence-corrected chi connectivity index (χ1v) is 14.7. The molecule has 4 amide bonds. The highest BCUT2D eigenvalue weighted by Gasteiger charge is 2.42. The van der Waals surface area contributed by atoms with Crippen LogP contribution in [0.3, 0.4) is 0 Å². The number of fused-ring (bicyclic) bond motifs is 4. The maximum atomic E-state index is 13.8. The number of likely N-dealkylation sites (tertiary alicyclic amines) is 1. The average molecular weight is 538 g/mol. The Kier molecular flexibility index (Phi) is 8.54. The molecule has 0 unspecified atom stereocenters. The molecule has 0 aliphatic carbocycles. The Bertz CT molecular complexity index is 1080. The van der Waals surface area contributed by atoms with Crippen LogP contribution in [0, 0.1) is 11.8 Å². The third kappa shape index (κ3) is 6.45. The number of hydrogen-bond acceptors (Lipinski definition) is 5. The zero-order valence-corrected chi connectivity index (χ0v) is 23.4. The van der Waals surface area contributed by atoms with Crippen LogP contribution < -0.4 is 10.6 Å². The monoisotopic (exact) mass is 537 g/mol. The molecule has 0 aromatic heterocycles. The summed E-state index contributed by atoms with van der Waals surface area (Å²) < 4.78 is 0. The van der Waals surface area contributed by atoms with Gasteiger partial charge in [-0.1, -0.05) is 38.1 Å². The van der Waals surface area contributed by atoms with Gasteiger partial charge in [0.25, 0.3) is 0 Å². The van der Waals surface area contributed by atoms with E-state index in [4.69, 9.17) is 0 Å². The zero-order valence-electron chi connectivity index (χ0n) is 23.4. The van der Waals surface area contributed by atoms with Crippen LogP contribution in [-0.2, 0) is 32.1 Å². The van der Waals surface area contributed by atoms with Crippen molar-refractivity contribution in [1.29, 1.82) is 0 Å². The number of nitrogens with one attached hydrogen (secondary N) is 2. The molecule has 9 nitrogen and oxygen atoms in total. The number of benzene rings is 1. The second kappa shape index (κ2) is 12.1. The Morgan fingerprint density at radius 3 is 2.51 bits per heavy atom. The van der Waals surface area contributed by atoms with Gasteiger partial charge in [0.2, 0.25) is 23.6 Å². The third-order valence-electron chi connectivity index (χ3n) is 8.98. The first kappa shape index (κ1) is 27.6. The second-order valence-corrected chi connectivity index (χ2v) is 12.1. The van der Waals surface area contributed by atoms with Crippen molar-refractivity contribution in [2.45, 2.75) is 83.5 Å². The molecule has 212 valence electrons. The molecule has 39 heavy (non-hydrogen) atoms. The quantitative estimate of drug-likeness (QED) is 0.609. The summed E-state index contributed by atoms with van der Waals surface area (Å²) in [5, 5.41) is 6.56. The van der Waals surface area contributed by atoms with Gasteiger partial charge in [0.05, 0.1) is 6.42 Å². The smallest absolute Gasteiger partial charge is 0.243 e. The van der Waals surface area contributed by atoms with E-state index >= 15 is 0 Å². The normalized spacial score (nSPS) is 28.3. The Hall–Kier alpha value is -2.94. The Balaban J connectivity index is 1.42. The van der Waals surface area contributed by atoms with Gasteiger partial charge in [-0.3, -0.25) is 19.2 Å². The number of nitrogens with zero attached hydrogens (tertiary/aromatic N) is 3. The summed E-state index contributed by atoms with van der Waals surface area (Å²) >= 11 is 0. The topological polar surface area (TPSA) is 102 Å². The molecular formula is C30H43N5O4. The van der Waals surface area contributed by atoms with Crippen molar-refractivity contribution in [1.82, 2.24) is 25.3 Å². The zero-order chi connectivity index (χ0) is 27.5. The summed E-state index contributed by atoms with van der Waals surface area (Å²) in [6.07, 6.45) is 4.31. The molecule has 0 radical (unpaired) electrons. The lowest BCUT2D eigenvalue weighted by molar-refractivity contribution is -0.142. The van der Waals surface area contributed by atoms with Crippen LogP contribution in [0.2, 0.25) is 0 Å². The van der Waals surface area contributed by atoms with Crippen LogP contribution in [0.1, 0.15) is 63.5 Å². The number of hydrogen-bond donors (Lipinski definition) is 2. The highest BCUT2D eigenvalue weighted by molar-refractivity contribution is 5.89. The van der Waals surface area contributed by atoms with Crippen LogP contribution in [0.5, 0.6) is 0 Å². The van der Waals surface area contributed by atoms with Crippen molar-refractivity contribution in [3.63, 3.8) is 0 Å². The second-order valence-electron chi connectivity index (χ2n) is 12.1. The van der Waals surface area contributed by atoms with Gasteiger partial charge in [0, 0.05) is 64.2 Å². The van der Waals surface area contributed by atoms with Gasteiger partial charge < -0.3 is 25.3 Å². The molecule has 4 atom stereocenters. The number of amides is 4. The minimum absolute atomic E-state index is 0.0350. The summed E-state index contributed by atoms with van der Waals surface area (Å²) in [6.45, 7) is 7.66. The van der Waals surface area contributed by atoms with E-state index in [-0.39, 0.29) is 60.4 Å². The summed E-state index contributed by atoms with van der Waals surface area (Å²) in [6, 6.07) is 7.52. The van der Waals surface area contributed by atoms with E-state index in [2.05, 4.69) is 24.5 Å². The summed E-state index contributed by atoms with van der Waals surface area (Å²) in [4.78, 5) is 59.3. The predicted molar refractivity (Wildman–Crippen MR) is 147 cm³/mol. The molecule has 1 aromatic carbocycles.